The van der Waals surface area contributed by atoms with E-state index < -0.39 is 5.91 Å². The maximum atomic E-state index is 12.7. The Morgan fingerprint density at radius 2 is 1.95 bits per heavy atom. The third-order valence-corrected chi connectivity index (χ3v) is 4.60. The van der Waals surface area contributed by atoms with Crippen LogP contribution in [0, 0.1) is 0 Å². The summed E-state index contributed by atoms with van der Waals surface area (Å²) < 4.78 is 1.91. The van der Waals surface area contributed by atoms with E-state index in [1.807, 2.05) is 4.57 Å². The number of fused-ring (bicyclic) bond motifs is 1. The lowest BCUT2D eigenvalue weighted by Crippen LogP contribution is -2.39. The minimum Gasteiger partial charge on any atom is -0.309 e. The largest absolute Gasteiger partial charge is 0.309 e. The Balaban J connectivity index is 2.13. The highest BCUT2D eigenvalue weighted by atomic mass is 16.2. The number of nitrogens with one attached hydrogen (secondary N) is 1. The molecule has 0 aromatic carbocycles. The average Bonchev–Trinajstić information content (AvgIpc) is 2.94. The zero-order chi connectivity index (χ0) is 14.1. The van der Waals surface area contributed by atoms with Crippen LogP contribution in [0.5, 0.6) is 0 Å². The fourth-order valence-electron chi connectivity index (χ4n) is 3.64. The monoisotopic (exact) mass is 275 g/mol. The Morgan fingerprint density at radius 1 is 1.20 bits per heavy atom. The molecule has 20 heavy (non-hydrogen) atoms. The first kappa shape index (κ1) is 13.4. The molecule has 0 atom stereocenters. The first-order chi connectivity index (χ1) is 9.72. The van der Waals surface area contributed by atoms with Crippen LogP contribution in [0.15, 0.2) is 10.9 Å². The summed E-state index contributed by atoms with van der Waals surface area (Å²) in [5.74, 6) is 4.72. The van der Waals surface area contributed by atoms with Gasteiger partial charge in [0.05, 0.1) is 0 Å². The number of nitrogens with zero attached hydrogens (tertiary/aromatic N) is 1. The van der Waals surface area contributed by atoms with E-state index in [4.69, 9.17) is 5.84 Å². The molecule has 1 aromatic rings. The second kappa shape index (κ2) is 5.40. The molecule has 1 fully saturated rings. The fourth-order valence-corrected chi connectivity index (χ4v) is 3.64. The van der Waals surface area contributed by atoms with E-state index >= 15 is 0 Å². The van der Waals surface area contributed by atoms with Crippen molar-refractivity contribution in [1.82, 2.24) is 9.99 Å². The first-order valence-corrected chi connectivity index (χ1v) is 7.50. The van der Waals surface area contributed by atoms with Gasteiger partial charge in [-0.3, -0.25) is 15.0 Å². The van der Waals surface area contributed by atoms with Crippen molar-refractivity contribution in [2.45, 2.75) is 57.4 Å². The maximum absolute atomic E-state index is 12.7. The normalized spacial score (nSPS) is 18.9. The lowest BCUT2D eigenvalue weighted by atomic mass is 9.94. The van der Waals surface area contributed by atoms with Crippen LogP contribution in [0.2, 0.25) is 0 Å². The number of pyridine rings is 1. The molecule has 2 aliphatic carbocycles. The number of hydrazine groups is 1. The van der Waals surface area contributed by atoms with Crippen molar-refractivity contribution in [3.05, 3.63) is 33.2 Å². The third kappa shape index (κ3) is 2.16. The van der Waals surface area contributed by atoms with Gasteiger partial charge in [0.1, 0.15) is 5.56 Å². The molecule has 3 N–H and O–H groups in total. The highest BCUT2D eigenvalue weighted by Gasteiger charge is 2.26. The lowest BCUT2D eigenvalue weighted by Gasteiger charge is -2.27. The minimum absolute atomic E-state index is 0.166. The Morgan fingerprint density at radius 3 is 2.65 bits per heavy atom. The second-order valence-corrected chi connectivity index (χ2v) is 5.82. The van der Waals surface area contributed by atoms with Crippen molar-refractivity contribution < 1.29 is 4.79 Å². The van der Waals surface area contributed by atoms with E-state index in [0.717, 1.165) is 43.4 Å². The van der Waals surface area contributed by atoms with E-state index in [2.05, 4.69) is 5.43 Å². The average molecular weight is 275 g/mol. The quantitative estimate of drug-likeness (QED) is 0.487. The van der Waals surface area contributed by atoms with Gasteiger partial charge in [0.2, 0.25) is 0 Å². The Kier molecular flexibility index (Phi) is 3.61. The van der Waals surface area contributed by atoms with Gasteiger partial charge in [-0.2, -0.15) is 0 Å². The van der Waals surface area contributed by atoms with Crippen LogP contribution >= 0.6 is 0 Å². The Hall–Kier alpha value is -1.62. The number of carbonyl (C=O) groups excluding carboxylic acids is 1. The summed E-state index contributed by atoms with van der Waals surface area (Å²) in [5.41, 5.74) is 4.41. The van der Waals surface area contributed by atoms with Crippen LogP contribution in [0.25, 0.3) is 0 Å². The van der Waals surface area contributed by atoms with Crippen molar-refractivity contribution >= 4 is 5.91 Å². The summed E-state index contributed by atoms with van der Waals surface area (Å²) in [5, 5.41) is 0. The van der Waals surface area contributed by atoms with Crippen LogP contribution in [0.4, 0.5) is 0 Å². The summed E-state index contributed by atoms with van der Waals surface area (Å²) in [4.78, 5) is 24.5. The molecule has 5 nitrogen and oxygen atoms in total. The number of amides is 1. The van der Waals surface area contributed by atoms with Gasteiger partial charge in [0, 0.05) is 11.7 Å². The number of nitrogens with two attached hydrogens (primary N) is 1. The maximum Gasteiger partial charge on any atom is 0.270 e. The van der Waals surface area contributed by atoms with E-state index in [1.165, 1.54) is 19.3 Å². The third-order valence-electron chi connectivity index (χ3n) is 4.60. The van der Waals surface area contributed by atoms with Crippen molar-refractivity contribution in [3.8, 4) is 0 Å². The Labute approximate surface area is 118 Å². The van der Waals surface area contributed by atoms with Gasteiger partial charge in [-0.05, 0) is 43.7 Å². The molecule has 0 aliphatic heterocycles. The van der Waals surface area contributed by atoms with E-state index in [9.17, 15) is 9.59 Å². The summed E-state index contributed by atoms with van der Waals surface area (Å²) in [6, 6.07) is 2.00. The molecule has 0 spiro atoms. The molecule has 2 aliphatic rings. The topological polar surface area (TPSA) is 77.1 Å². The van der Waals surface area contributed by atoms with Crippen molar-refractivity contribution in [1.29, 1.82) is 0 Å². The minimum atomic E-state index is -0.478. The molecule has 1 heterocycles. The Bertz CT molecular complexity index is 586. The molecule has 5 heteroatoms. The number of carbonyl (C=O) groups is 1. The molecule has 0 radical (unpaired) electrons. The number of aromatic nitrogens is 1. The first-order valence-electron chi connectivity index (χ1n) is 7.50. The smallest absolute Gasteiger partial charge is 0.270 e. The number of hydrogen-bond donors (Lipinski definition) is 2. The zero-order valence-corrected chi connectivity index (χ0v) is 11.7. The molecule has 1 amide bonds. The predicted molar refractivity (Wildman–Crippen MR) is 76.5 cm³/mol. The molecule has 108 valence electrons. The van der Waals surface area contributed by atoms with Crippen LogP contribution in [0.1, 0.15) is 66.2 Å². The van der Waals surface area contributed by atoms with E-state index in [-0.39, 0.29) is 17.2 Å². The highest BCUT2D eigenvalue weighted by molar-refractivity contribution is 5.93. The van der Waals surface area contributed by atoms with Crippen LogP contribution in [0.3, 0.4) is 0 Å². The molecule has 1 saturated carbocycles. The summed E-state index contributed by atoms with van der Waals surface area (Å²) >= 11 is 0. The predicted octanol–water partition coefficient (Wildman–Crippen LogP) is 1.45. The van der Waals surface area contributed by atoms with Gasteiger partial charge in [0.15, 0.2) is 0 Å². The molecule has 0 bridgehead atoms. The summed E-state index contributed by atoms with van der Waals surface area (Å²) in [6.07, 6.45) is 8.63. The van der Waals surface area contributed by atoms with Crippen LogP contribution in [-0.2, 0) is 12.8 Å². The molecule has 0 saturated heterocycles. The molecular formula is C15H21N3O2. The number of aryl methyl sites for hydroxylation is 1. The van der Waals surface area contributed by atoms with Crippen LogP contribution < -0.4 is 16.8 Å². The second-order valence-electron chi connectivity index (χ2n) is 5.82. The number of hydrogen-bond acceptors (Lipinski definition) is 3. The van der Waals surface area contributed by atoms with Crippen LogP contribution in [-0.4, -0.2) is 10.5 Å². The van der Waals surface area contributed by atoms with Gasteiger partial charge >= 0.3 is 0 Å². The SMILES string of the molecule is NNC(=O)c1cc2c(n(C3CCCCC3)c1=O)CCC2. The van der Waals surface area contributed by atoms with Gasteiger partial charge in [-0.15, -0.1) is 0 Å². The van der Waals surface area contributed by atoms with Crippen molar-refractivity contribution in [2.24, 2.45) is 5.84 Å². The zero-order valence-electron chi connectivity index (χ0n) is 11.7. The standard InChI is InChI=1S/C15H21N3O2/c16-17-14(19)12-9-10-5-4-8-13(10)18(15(12)20)11-6-2-1-3-7-11/h9,11H,1-8,16H2,(H,17,19). The molecule has 3 rings (SSSR count). The number of nitrogen functional groups attached to an aromatic ring is 1. The van der Waals surface area contributed by atoms with Gasteiger partial charge < -0.3 is 4.57 Å². The number of rotatable bonds is 2. The van der Waals surface area contributed by atoms with E-state index in [1.54, 1.807) is 6.07 Å². The highest BCUT2D eigenvalue weighted by Crippen LogP contribution is 2.31. The summed E-state index contributed by atoms with van der Waals surface area (Å²) in [7, 11) is 0. The molecule has 1 aromatic heterocycles. The van der Waals surface area contributed by atoms with Gasteiger partial charge in [-0.25, -0.2) is 5.84 Å². The van der Waals surface area contributed by atoms with Gasteiger partial charge in [0.25, 0.3) is 11.5 Å². The lowest BCUT2D eigenvalue weighted by molar-refractivity contribution is 0.0951. The molecule has 0 unspecified atom stereocenters. The molecular weight excluding hydrogens is 254 g/mol. The fraction of sp³-hybridized carbons (Fsp3) is 0.600. The van der Waals surface area contributed by atoms with Crippen molar-refractivity contribution in [2.75, 3.05) is 0 Å². The summed E-state index contributed by atoms with van der Waals surface area (Å²) in [6.45, 7) is 0. The van der Waals surface area contributed by atoms with Crippen molar-refractivity contribution in [3.63, 3.8) is 0 Å². The van der Waals surface area contributed by atoms with E-state index in [0.29, 0.717) is 0 Å². The van der Waals surface area contributed by atoms with Gasteiger partial charge in [-0.1, -0.05) is 19.3 Å².